The number of amides is 2. The van der Waals surface area contributed by atoms with E-state index in [1.165, 1.54) is 24.4 Å². The molecule has 0 saturated carbocycles. The standard InChI is InChI=1S/C17H18F3N5O3/c1-3-13(26)25-16-23-10(2)6-12(24-16)15(27)22-8-11-4-5-14(21-7-11)28-9-17(18,19)20/h4-7H,3,8-9H2,1-2H3,(H,22,27)(H,23,24,25,26). The Morgan fingerprint density at radius 3 is 2.57 bits per heavy atom. The van der Waals surface area contributed by atoms with Crippen LogP contribution < -0.4 is 15.4 Å². The molecule has 0 aliphatic heterocycles. The summed E-state index contributed by atoms with van der Waals surface area (Å²) in [5, 5.41) is 5.10. The van der Waals surface area contributed by atoms with Crippen LogP contribution in [0.2, 0.25) is 0 Å². The highest BCUT2D eigenvalue weighted by Crippen LogP contribution is 2.17. The molecule has 150 valence electrons. The number of hydrogen-bond donors (Lipinski definition) is 2. The fourth-order valence-electron chi connectivity index (χ4n) is 1.98. The lowest BCUT2D eigenvalue weighted by molar-refractivity contribution is -0.154. The van der Waals surface area contributed by atoms with Crippen LogP contribution in [-0.4, -0.2) is 39.5 Å². The monoisotopic (exact) mass is 397 g/mol. The highest BCUT2D eigenvalue weighted by Gasteiger charge is 2.28. The fraction of sp³-hybridized carbons (Fsp3) is 0.353. The van der Waals surface area contributed by atoms with Gasteiger partial charge in [0.15, 0.2) is 6.61 Å². The molecule has 11 heteroatoms. The first-order valence-corrected chi connectivity index (χ1v) is 8.24. The maximum absolute atomic E-state index is 12.3. The number of aromatic nitrogens is 3. The molecule has 0 aliphatic rings. The summed E-state index contributed by atoms with van der Waals surface area (Å²) in [6.07, 6.45) is -2.90. The number of anilines is 1. The lowest BCUT2D eigenvalue weighted by atomic mass is 10.2. The van der Waals surface area contributed by atoms with E-state index in [-0.39, 0.29) is 36.4 Å². The van der Waals surface area contributed by atoms with Gasteiger partial charge in [-0.05, 0) is 18.6 Å². The molecular formula is C17H18F3N5O3. The summed E-state index contributed by atoms with van der Waals surface area (Å²) in [5.41, 5.74) is 1.12. The zero-order valence-corrected chi connectivity index (χ0v) is 15.1. The third kappa shape index (κ3) is 6.82. The van der Waals surface area contributed by atoms with Crippen LogP contribution in [0.5, 0.6) is 5.88 Å². The molecule has 0 unspecified atom stereocenters. The van der Waals surface area contributed by atoms with Crippen LogP contribution >= 0.6 is 0 Å². The van der Waals surface area contributed by atoms with Crippen molar-refractivity contribution in [3.05, 3.63) is 41.3 Å². The molecule has 0 radical (unpaired) electrons. The highest BCUT2D eigenvalue weighted by atomic mass is 19.4. The molecule has 8 nitrogen and oxygen atoms in total. The number of pyridine rings is 1. The number of aryl methyl sites for hydroxylation is 1. The number of hydrogen-bond acceptors (Lipinski definition) is 6. The zero-order valence-electron chi connectivity index (χ0n) is 15.1. The van der Waals surface area contributed by atoms with Crippen molar-refractivity contribution in [1.82, 2.24) is 20.3 Å². The molecule has 2 heterocycles. The van der Waals surface area contributed by atoms with E-state index in [4.69, 9.17) is 0 Å². The maximum atomic E-state index is 12.3. The zero-order chi connectivity index (χ0) is 20.7. The molecule has 0 atom stereocenters. The Hall–Kier alpha value is -3.24. The minimum absolute atomic E-state index is 0.0323. The van der Waals surface area contributed by atoms with Crippen LogP contribution in [0.3, 0.4) is 0 Å². The molecule has 0 aliphatic carbocycles. The topological polar surface area (TPSA) is 106 Å². The predicted octanol–water partition coefficient (Wildman–Crippen LogP) is 2.40. The molecule has 28 heavy (non-hydrogen) atoms. The number of alkyl halides is 3. The Bertz CT molecular complexity index is 841. The van der Waals surface area contributed by atoms with Gasteiger partial charge in [-0.2, -0.15) is 13.2 Å². The molecule has 0 spiro atoms. The Morgan fingerprint density at radius 2 is 1.96 bits per heavy atom. The number of rotatable bonds is 7. The largest absolute Gasteiger partial charge is 0.468 e. The Morgan fingerprint density at radius 1 is 1.21 bits per heavy atom. The van der Waals surface area contributed by atoms with Crippen molar-refractivity contribution in [2.45, 2.75) is 33.0 Å². The summed E-state index contributed by atoms with van der Waals surface area (Å²) in [7, 11) is 0. The first kappa shape index (κ1) is 21.1. The van der Waals surface area contributed by atoms with E-state index in [2.05, 4.69) is 30.3 Å². The van der Waals surface area contributed by atoms with Crippen LogP contribution in [-0.2, 0) is 11.3 Å². The van der Waals surface area contributed by atoms with E-state index >= 15 is 0 Å². The molecule has 0 aromatic carbocycles. The SMILES string of the molecule is CCC(=O)Nc1nc(C)cc(C(=O)NCc2ccc(OCC(F)(F)F)nc2)n1. The van der Waals surface area contributed by atoms with Gasteiger partial charge >= 0.3 is 6.18 Å². The van der Waals surface area contributed by atoms with E-state index in [9.17, 15) is 22.8 Å². The van der Waals surface area contributed by atoms with E-state index in [1.807, 2.05) is 0 Å². The number of carbonyl (C=O) groups excluding carboxylic acids is 2. The fourth-order valence-corrected chi connectivity index (χ4v) is 1.98. The third-order valence-corrected chi connectivity index (χ3v) is 3.29. The smallest absolute Gasteiger partial charge is 0.422 e. The molecule has 2 N–H and O–H groups in total. The van der Waals surface area contributed by atoms with Crippen molar-refractivity contribution in [3.8, 4) is 5.88 Å². The summed E-state index contributed by atoms with van der Waals surface area (Å²) in [5.74, 6) is -0.925. The van der Waals surface area contributed by atoms with Gasteiger partial charge < -0.3 is 10.1 Å². The Balaban J connectivity index is 1.95. The number of ether oxygens (including phenoxy) is 1. The molecule has 2 aromatic heterocycles. The molecule has 0 saturated heterocycles. The van der Waals surface area contributed by atoms with Gasteiger partial charge in [0.1, 0.15) is 5.69 Å². The summed E-state index contributed by atoms with van der Waals surface area (Å²) in [6.45, 7) is 1.97. The molecular weight excluding hydrogens is 379 g/mol. The third-order valence-electron chi connectivity index (χ3n) is 3.29. The van der Waals surface area contributed by atoms with Crippen LogP contribution in [0, 0.1) is 6.92 Å². The molecule has 0 bridgehead atoms. The van der Waals surface area contributed by atoms with Gasteiger partial charge in [0.25, 0.3) is 5.91 Å². The molecule has 2 rings (SSSR count). The minimum Gasteiger partial charge on any atom is -0.468 e. The van der Waals surface area contributed by atoms with Crippen molar-refractivity contribution in [1.29, 1.82) is 0 Å². The van der Waals surface area contributed by atoms with Crippen molar-refractivity contribution in [3.63, 3.8) is 0 Å². The van der Waals surface area contributed by atoms with Gasteiger partial charge in [-0.25, -0.2) is 15.0 Å². The Labute approximate surface area is 158 Å². The Kier molecular flexibility index (Phi) is 6.85. The van der Waals surface area contributed by atoms with Crippen molar-refractivity contribution < 1.29 is 27.5 Å². The van der Waals surface area contributed by atoms with E-state index in [0.717, 1.165) is 0 Å². The molecule has 2 aromatic rings. The van der Waals surface area contributed by atoms with Gasteiger partial charge in [0.2, 0.25) is 17.7 Å². The number of nitrogens with zero attached hydrogens (tertiary/aromatic N) is 3. The lowest BCUT2D eigenvalue weighted by Crippen LogP contribution is -2.25. The van der Waals surface area contributed by atoms with Crippen molar-refractivity contribution in [2.75, 3.05) is 11.9 Å². The number of carbonyl (C=O) groups is 2. The van der Waals surface area contributed by atoms with Crippen LogP contribution in [0.15, 0.2) is 24.4 Å². The summed E-state index contributed by atoms with van der Waals surface area (Å²) in [4.78, 5) is 35.5. The van der Waals surface area contributed by atoms with E-state index in [0.29, 0.717) is 11.3 Å². The van der Waals surface area contributed by atoms with E-state index < -0.39 is 18.7 Å². The quantitative estimate of drug-likeness (QED) is 0.743. The van der Waals surface area contributed by atoms with Crippen molar-refractivity contribution >= 4 is 17.8 Å². The first-order chi connectivity index (χ1) is 13.2. The summed E-state index contributed by atoms with van der Waals surface area (Å²) < 4.78 is 40.8. The maximum Gasteiger partial charge on any atom is 0.422 e. The average molecular weight is 397 g/mol. The van der Waals surface area contributed by atoms with Crippen molar-refractivity contribution in [2.24, 2.45) is 0 Å². The lowest BCUT2D eigenvalue weighted by Gasteiger charge is -2.09. The van der Waals surface area contributed by atoms with Gasteiger partial charge in [-0.1, -0.05) is 13.0 Å². The van der Waals surface area contributed by atoms with Crippen LogP contribution in [0.1, 0.15) is 35.1 Å². The summed E-state index contributed by atoms with van der Waals surface area (Å²) in [6, 6.07) is 4.22. The molecule has 2 amide bonds. The summed E-state index contributed by atoms with van der Waals surface area (Å²) >= 11 is 0. The minimum atomic E-state index is -4.44. The van der Waals surface area contributed by atoms with Gasteiger partial charge in [0.05, 0.1) is 0 Å². The molecule has 0 fully saturated rings. The predicted molar refractivity (Wildman–Crippen MR) is 92.6 cm³/mol. The second-order valence-electron chi connectivity index (χ2n) is 5.71. The average Bonchev–Trinajstić information content (AvgIpc) is 2.64. The van der Waals surface area contributed by atoms with Gasteiger partial charge in [0, 0.05) is 30.9 Å². The second kappa shape index (κ2) is 9.11. The highest BCUT2D eigenvalue weighted by molar-refractivity contribution is 5.93. The van der Waals surface area contributed by atoms with E-state index in [1.54, 1.807) is 13.8 Å². The van der Waals surface area contributed by atoms with Gasteiger partial charge in [-0.3, -0.25) is 14.9 Å². The van der Waals surface area contributed by atoms with Crippen LogP contribution in [0.4, 0.5) is 19.1 Å². The van der Waals surface area contributed by atoms with Gasteiger partial charge in [-0.15, -0.1) is 0 Å². The first-order valence-electron chi connectivity index (χ1n) is 8.24. The normalized spacial score (nSPS) is 11.0. The number of halogens is 3. The second-order valence-corrected chi connectivity index (χ2v) is 5.71. The number of nitrogens with one attached hydrogen (secondary N) is 2. The van der Waals surface area contributed by atoms with Crippen LogP contribution in [0.25, 0.3) is 0 Å².